The minimum absolute atomic E-state index is 0. The average Bonchev–Trinajstić information content (AvgIpc) is 3.21. The molecule has 0 bridgehead atoms. The zero-order chi connectivity index (χ0) is 44.4. The Morgan fingerprint density at radius 2 is 0.500 bits per heavy atom. The van der Waals surface area contributed by atoms with Crippen LogP contribution in [0, 0.1) is 0 Å². The molecule has 64 heavy (non-hydrogen) atoms. The van der Waals surface area contributed by atoms with Gasteiger partial charge in [-0.1, -0.05) is 44.6 Å². The van der Waals surface area contributed by atoms with Crippen LogP contribution in [0.1, 0.15) is 44.6 Å². The van der Waals surface area contributed by atoms with Gasteiger partial charge in [0.05, 0.1) is 39.4 Å². The zero-order valence-corrected chi connectivity index (χ0v) is 37.6. The summed E-state index contributed by atoms with van der Waals surface area (Å²) >= 11 is 0. The van der Waals surface area contributed by atoms with Crippen LogP contribution >= 0.6 is 0 Å². The molecule has 0 saturated carbocycles. The SMILES string of the molecule is C.C.C.C.C.C.COC(=O)NCN=C=NCNC(=O)O.COC(=O)NCN=C=NCNC(=O)OC.F.FF.FF.FF.FF.FF.FF.O=C(O)NCN=C=NCNC(=O)O.[Y].[Y].[Y]. The van der Waals surface area contributed by atoms with Gasteiger partial charge in [0.25, 0.3) is 0 Å². The van der Waals surface area contributed by atoms with E-state index in [9.17, 15) is 28.8 Å². The maximum absolute atomic E-state index is 10.5. The molecule has 383 valence electrons. The number of aliphatic imine (C=N–C) groups is 6. The van der Waals surface area contributed by atoms with Crippen molar-refractivity contribution in [2.24, 2.45) is 30.0 Å². The number of amides is 6. The first-order chi connectivity index (χ1) is 26.0. The normalized spacial score (nSPS) is 5.86. The molecule has 0 aliphatic rings. The second-order valence-electron chi connectivity index (χ2n) is 5.65. The average molecular weight is 1220 g/mol. The summed E-state index contributed by atoms with van der Waals surface area (Å²) in [6.07, 6.45) is -5.37. The Bertz CT molecular complexity index is 1060. The summed E-state index contributed by atoms with van der Waals surface area (Å²) in [4.78, 5) is 81.9. The van der Waals surface area contributed by atoms with Gasteiger partial charge in [-0.2, -0.15) is 0 Å². The molecule has 9 N–H and O–H groups in total. The predicted octanol–water partition coefficient (Wildman–Crippen LogP) is 8.10. The number of halogens is 13. The van der Waals surface area contributed by atoms with E-state index in [0.717, 1.165) is 0 Å². The Kier molecular flexibility index (Phi) is 267. The number of alkyl carbamates (subject to hydrolysis) is 3. The molecule has 0 saturated heterocycles. The van der Waals surface area contributed by atoms with E-state index in [1.54, 1.807) is 0 Å². The van der Waals surface area contributed by atoms with Gasteiger partial charge in [-0.3, -0.25) is 4.70 Å². The summed E-state index contributed by atoms with van der Waals surface area (Å²) in [6, 6.07) is 6.52. The standard InChI is InChI=1S/C7H12N4O4.C6H10N4O4.C5H8N4O4.6CH4.6F2.FH.3Y/c1-14-6(12)10-4-8-3-9-5-11-7(13)15-2;1-14-6(13)10-4-8-2-7-3-9-5(11)12;10-4(11)8-2-6-1-7-3-9-5(12)13;;;;;;;6*1-2;;;;/h4-5H2,1-2H3,(H,10,12)(H,11,13);9H,3-4H2,1H3,(H,10,13)(H,11,12);8-9H,2-3H2,(H,10,11)(H,12,13);6*1H4;;;;;;;1H;;;. The number of nitrogens with zero attached hydrogens (tertiary/aromatic N) is 6. The first-order valence-electron chi connectivity index (χ1n) is 11.5. The minimum atomic E-state index is -1.20. The van der Waals surface area contributed by atoms with Crippen LogP contribution in [-0.2, 0) is 112 Å². The molecule has 6 amide bonds. The number of hydrogen-bond acceptors (Lipinski definition) is 15. The quantitative estimate of drug-likeness (QED) is 0.0508. The van der Waals surface area contributed by atoms with Crippen LogP contribution in [0.25, 0.3) is 0 Å². The van der Waals surface area contributed by atoms with Crippen LogP contribution < -0.4 is 31.9 Å². The van der Waals surface area contributed by atoms with Gasteiger partial charge in [0.1, 0.15) is 40.0 Å². The van der Waals surface area contributed by atoms with Crippen molar-refractivity contribution in [3.05, 3.63) is 0 Å². The molecule has 0 spiro atoms. The predicted molar refractivity (Wildman–Crippen MR) is 195 cm³/mol. The first kappa shape index (κ1) is 124. The fourth-order valence-electron chi connectivity index (χ4n) is 1.21. The molecule has 0 unspecified atom stereocenters. The molecule has 0 heterocycles. The van der Waals surface area contributed by atoms with Crippen molar-refractivity contribution in [3.63, 3.8) is 0 Å². The van der Waals surface area contributed by atoms with E-state index in [0.29, 0.717) is 0 Å². The number of hydrogen-bond donors (Lipinski definition) is 9. The summed E-state index contributed by atoms with van der Waals surface area (Å²) in [7, 11) is 3.71. The molecular weight excluding hydrogens is 1160 g/mol. The molecule has 0 aliphatic heterocycles. The number of carbonyl (C=O) groups is 6. The number of rotatable bonds is 12. The Labute approximate surface area is 435 Å². The topological polar surface area (TPSA) is 337 Å². The smallest absolute Gasteiger partial charge is 0.408 e. The van der Waals surface area contributed by atoms with Gasteiger partial charge in [0.15, 0.2) is 0 Å². The fourth-order valence-corrected chi connectivity index (χ4v) is 1.21. The Morgan fingerprint density at radius 1 is 0.375 bits per heavy atom. The number of nitrogens with one attached hydrogen (secondary N) is 6. The van der Waals surface area contributed by atoms with Crippen molar-refractivity contribution in [1.29, 1.82) is 0 Å². The molecule has 3 radical (unpaired) electrons. The van der Waals surface area contributed by atoms with Gasteiger partial charge >= 0.3 is 36.6 Å². The number of carbonyl (C=O) groups excluding carboxylic acids is 3. The van der Waals surface area contributed by atoms with Gasteiger partial charge in [0.2, 0.25) is 0 Å². The van der Waals surface area contributed by atoms with Crippen molar-refractivity contribution in [2.45, 2.75) is 44.6 Å². The van der Waals surface area contributed by atoms with E-state index >= 15 is 0 Å². The largest absolute Gasteiger partial charge is 0.465 e. The third kappa shape index (κ3) is 184. The van der Waals surface area contributed by atoms with Crippen LogP contribution in [0.15, 0.2) is 30.0 Å². The van der Waals surface area contributed by atoms with Crippen LogP contribution in [0.4, 0.5) is 88.4 Å². The van der Waals surface area contributed by atoms with Crippen LogP contribution in [-0.4, -0.2) is 131 Å². The van der Waals surface area contributed by atoms with Crippen molar-refractivity contribution < 1.29 is 216 Å². The van der Waals surface area contributed by atoms with Crippen LogP contribution in [0.3, 0.4) is 0 Å². The van der Waals surface area contributed by atoms with Gasteiger partial charge < -0.3 is 61.4 Å². The fraction of sp³-hybridized carbons (Fsp3) is 0.625. The minimum Gasteiger partial charge on any atom is -0.465 e. The molecule has 24 nitrogen and oxygen atoms in total. The number of ether oxygens (including phenoxy) is 3. The van der Waals surface area contributed by atoms with Crippen LogP contribution in [0.2, 0.25) is 0 Å². The zero-order valence-electron chi connectivity index (χ0n) is 29.1. The van der Waals surface area contributed by atoms with Gasteiger partial charge in [-0.15, -0.1) is 0 Å². The number of methoxy groups -OCH3 is 3. The van der Waals surface area contributed by atoms with Crippen LogP contribution in [0.5, 0.6) is 0 Å². The van der Waals surface area contributed by atoms with E-state index in [4.69, 9.17) is 70.2 Å². The molecular formula is C24H55F13N12O12Y3. The summed E-state index contributed by atoms with van der Waals surface area (Å²) in [5, 5.41) is 36.9. The van der Waals surface area contributed by atoms with E-state index < -0.39 is 36.6 Å². The Balaban J connectivity index is -0.0000000232. The van der Waals surface area contributed by atoms with Crippen molar-refractivity contribution >= 4 is 54.6 Å². The van der Waals surface area contributed by atoms with Crippen molar-refractivity contribution in [1.82, 2.24) is 31.9 Å². The first-order valence-corrected chi connectivity index (χ1v) is 11.5. The van der Waals surface area contributed by atoms with E-state index in [1.807, 2.05) is 16.0 Å². The van der Waals surface area contributed by atoms with Gasteiger partial charge in [-0.25, -0.2) is 58.7 Å². The third-order valence-electron chi connectivity index (χ3n) is 2.82. The summed E-state index contributed by atoms with van der Waals surface area (Å²) in [5.41, 5.74) is 0. The molecule has 0 fully saturated rings. The van der Waals surface area contributed by atoms with Crippen molar-refractivity contribution in [3.8, 4) is 0 Å². The van der Waals surface area contributed by atoms with Crippen molar-refractivity contribution in [2.75, 3.05) is 61.3 Å². The molecule has 0 aromatic carbocycles. The second kappa shape index (κ2) is 137. The molecule has 0 aromatic heterocycles. The van der Waals surface area contributed by atoms with E-state index in [1.165, 1.54) is 21.3 Å². The molecule has 0 aromatic rings. The molecule has 40 heteroatoms. The maximum Gasteiger partial charge on any atom is 0.408 e. The van der Waals surface area contributed by atoms with E-state index in [2.05, 4.69) is 78.1 Å². The molecule has 0 aliphatic carbocycles. The summed E-state index contributed by atoms with van der Waals surface area (Å²) < 4.78 is 109. The summed E-state index contributed by atoms with van der Waals surface area (Å²) in [5.74, 6) is 0. The Hall–Kier alpha value is -3.84. The molecule has 0 atom stereocenters. The van der Waals surface area contributed by atoms with Gasteiger partial charge in [-0.05, 0) is 0 Å². The number of carboxylic acid groups (broad SMARTS) is 3. The monoisotopic (exact) mass is 1220 g/mol. The second-order valence-corrected chi connectivity index (χ2v) is 5.65. The summed E-state index contributed by atoms with van der Waals surface area (Å²) in [6.45, 7) is -0.457. The van der Waals surface area contributed by atoms with E-state index in [-0.39, 0.29) is 187 Å². The third-order valence-corrected chi connectivity index (χ3v) is 2.82. The van der Waals surface area contributed by atoms with Gasteiger partial charge in [0, 0.05) is 153 Å². The molecule has 0 rings (SSSR count). The Morgan fingerprint density at radius 3 is 0.609 bits per heavy atom. The maximum atomic E-state index is 10.5.